The largest absolute Gasteiger partial charge is 0.497 e. The number of hydrogen-bond acceptors (Lipinski definition) is 4. The second kappa shape index (κ2) is 11.3. The lowest BCUT2D eigenvalue weighted by Gasteiger charge is -2.30. The molecule has 0 aliphatic heterocycles. The Balaban J connectivity index is 1.98. The first-order valence-electron chi connectivity index (χ1n) is 9.89. The lowest BCUT2D eigenvalue weighted by Crippen LogP contribution is -2.38. The lowest BCUT2D eigenvalue weighted by atomic mass is 10.0. The van der Waals surface area contributed by atoms with Gasteiger partial charge >= 0.3 is 0 Å². The fourth-order valence-corrected chi connectivity index (χ4v) is 3.42. The standard InChI is InChI=1S/C23H32N2O3/c1-5-25(6-2)21(18-10-8-7-9-11-18)17-24-23(26)15-12-19-16-20(27-3)13-14-22(19)28-4/h7-11,13-14,16,21H,5-6,12,15,17H2,1-4H3,(H,24,26). The number of likely N-dealkylation sites (N-methyl/N-ethyl adjacent to an activating group) is 1. The minimum atomic E-state index is 0.0398. The Morgan fingerprint density at radius 3 is 2.36 bits per heavy atom. The summed E-state index contributed by atoms with van der Waals surface area (Å²) in [5, 5.41) is 3.11. The molecule has 0 spiro atoms. The Morgan fingerprint density at radius 1 is 1.04 bits per heavy atom. The number of amides is 1. The molecule has 5 heteroatoms. The molecule has 1 atom stereocenters. The van der Waals surface area contributed by atoms with E-state index >= 15 is 0 Å². The third-order valence-electron chi connectivity index (χ3n) is 5.04. The van der Waals surface area contributed by atoms with Crippen LogP contribution in [0.5, 0.6) is 11.5 Å². The van der Waals surface area contributed by atoms with Crippen molar-refractivity contribution in [2.45, 2.75) is 32.7 Å². The second-order valence-electron chi connectivity index (χ2n) is 6.63. The molecule has 0 bridgehead atoms. The summed E-state index contributed by atoms with van der Waals surface area (Å²) in [5.41, 5.74) is 2.20. The smallest absolute Gasteiger partial charge is 0.220 e. The normalized spacial score (nSPS) is 11.9. The number of ether oxygens (including phenoxy) is 2. The quantitative estimate of drug-likeness (QED) is 0.640. The molecule has 0 heterocycles. The molecule has 28 heavy (non-hydrogen) atoms. The van der Waals surface area contributed by atoms with Crippen molar-refractivity contribution in [2.75, 3.05) is 33.9 Å². The fourth-order valence-electron chi connectivity index (χ4n) is 3.42. The van der Waals surface area contributed by atoms with Gasteiger partial charge in [-0.25, -0.2) is 0 Å². The SMILES string of the molecule is CCN(CC)C(CNC(=O)CCc1cc(OC)ccc1OC)c1ccccc1. The van der Waals surface area contributed by atoms with Gasteiger partial charge in [0.15, 0.2) is 0 Å². The predicted molar refractivity (Wildman–Crippen MR) is 113 cm³/mol. The van der Waals surface area contributed by atoms with Crippen LogP contribution in [0.4, 0.5) is 0 Å². The Labute approximate surface area is 168 Å². The molecule has 5 nitrogen and oxygen atoms in total. The van der Waals surface area contributed by atoms with Gasteiger partial charge < -0.3 is 14.8 Å². The van der Waals surface area contributed by atoms with Crippen LogP contribution in [-0.2, 0) is 11.2 Å². The molecule has 0 radical (unpaired) electrons. The van der Waals surface area contributed by atoms with Crippen LogP contribution < -0.4 is 14.8 Å². The number of rotatable bonds is 11. The summed E-state index contributed by atoms with van der Waals surface area (Å²) in [5.74, 6) is 1.58. The van der Waals surface area contributed by atoms with E-state index < -0.39 is 0 Å². The Hall–Kier alpha value is -2.53. The molecule has 2 aromatic carbocycles. The van der Waals surface area contributed by atoms with E-state index in [2.05, 4.69) is 36.2 Å². The zero-order chi connectivity index (χ0) is 20.4. The zero-order valence-electron chi connectivity index (χ0n) is 17.4. The molecule has 1 amide bonds. The van der Waals surface area contributed by atoms with Crippen LogP contribution in [0.1, 0.15) is 37.4 Å². The summed E-state index contributed by atoms with van der Waals surface area (Å²) in [6.45, 7) is 6.77. The van der Waals surface area contributed by atoms with Crippen LogP contribution in [0.3, 0.4) is 0 Å². The van der Waals surface area contributed by atoms with Crippen molar-refractivity contribution in [3.05, 3.63) is 59.7 Å². The van der Waals surface area contributed by atoms with Crippen LogP contribution in [-0.4, -0.2) is 44.7 Å². The maximum atomic E-state index is 12.5. The molecule has 0 aliphatic rings. The highest BCUT2D eigenvalue weighted by Gasteiger charge is 2.18. The molecule has 1 N–H and O–H groups in total. The van der Waals surface area contributed by atoms with E-state index in [1.54, 1.807) is 14.2 Å². The van der Waals surface area contributed by atoms with Crippen molar-refractivity contribution >= 4 is 5.91 Å². The first-order chi connectivity index (χ1) is 13.6. The Bertz CT molecular complexity index is 730. The minimum absolute atomic E-state index is 0.0398. The number of carbonyl (C=O) groups excluding carboxylic acids is 1. The number of nitrogens with zero attached hydrogens (tertiary/aromatic N) is 1. The predicted octanol–water partition coefficient (Wildman–Crippen LogP) is 3.84. The van der Waals surface area contributed by atoms with Crippen molar-refractivity contribution in [1.29, 1.82) is 0 Å². The van der Waals surface area contributed by atoms with E-state index in [1.807, 2.05) is 36.4 Å². The van der Waals surface area contributed by atoms with Crippen molar-refractivity contribution in [2.24, 2.45) is 0 Å². The van der Waals surface area contributed by atoms with Gasteiger partial charge in [0.1, 0.15) is 11.5 Å². The van der Waals surface area contributed by atoms with Gasteiger partial charge in [-0.3, -0.25) is 9.69 Å². The molecular formula is C23H32N2O3. The monoisotopic (exact) mass is 384 g/mol. The van der Waals surface area contributed by atoms with Crippen molar-refractivity contribution in [1.82, 2.24) is 10.2 Å². The summed E-state index contributed by atoms with van der Waals surface area (Å²) in [7, 11) is 3.27. The summed E-state index contributed by atoms with van der Waals surface area (Å²) >= 11 is 0. The van der Waals surface area contributed by atoms with E-state index in [0.29, 0.717) is 19.4 Å². The average Bonchev–Trinajstić information content (AvgIpc) is 2.75. The Morgan fingerprint density at radius 2 is 1.75 bits per heavy atom. The molecule has 0 aliphatic carbocycles. The van der Waals surface area contributed by atoms with Crippen molar-refractivity contribution in [3.8, 4) is 11.5 Å². The van der Waals surface area contributed by atoms with Crippen molar-refractivity contribution in [3.63, 3.8) is 0 Å². The maximum Gasteiger partial charge on any atom is 0.220 e. The van der Waals surface area contributed by atoms with E-state index in [-0.39, 0.29) is 11.9 Å². The lowest BCUT2D eigenvalue weighted by molar-refractivity contribution is -0.121. The second-order valence-corrected chi connectivity index (χ2v) is 6.63. The average molecular weight is 385 g/mol. The topological polar surface area (TPSA) is 50.8 Å². The zero-order valence-corrected chi connectivity index (χ0v) is 17.4. The summed E-state index contributed by atoms with van der Waals surface area (Å²) in [6.07, 6.45) is 1.01. The van der Waals surface area contributed by atoms with E-state index in [4.69, 9.17) is 9.47 Å². The third-order valence-corrected chi connectivity index (χ3v) is 5.04. The molecule has 1 unspecified atom stereocenters. The highest BCUT2D eigenvalue weighted by Crippen LogP contribution is 2.25. The maximum absolute atomic E-state index is 12.5. The summed E-state index contributed by atoms with van der Waals surface area (Å²) in [6, 6.07) is 16.2. The van der Waals surface area contributed by atoms with Crippen molar-refractivity contribution < 1.29 is 14.3 Å². The highest BCUT2D eigenvalue weighted by molar-refractivity contribution is 5.76. The van der Waals surface area contributed by atoms with Crippen LogP contribution in [0.15, 0.2) is 48.5 Å². The Kier molecular flexibility index (Phi) is 8.82. The highest BCUT2D eigenvalue weighted by atomic mass is 16.5. The van der Waals surface area contributed by atoms with Gasteiger partial charge in [-0.05, 0) is 48.8 Å². The van der Waals surface area contributed by atoms with Gasteiger partial charge in [-0.15, -0.1) is 0 Å². The number of aryl methyl sites for hydroxylation is 1. The van der Waals surface area contributed by atoms with E-state index in [0.717, 1.165) is 30.2 Å². The van der Waals surface area contributed by atoms with Gasteiger partial charge in [0.25, 0.3) is 0 Å². The molecule has 0 saturated heterocycles. The molecule has 0 fully saturated rings. The van der Waals surface area contributed by atoms with Crippen LogP contribution >= 0.6 is 0 Å². The van der Waals surface area contributed by atoms with Gasteiger partial charge in [0.2, 0.25) is 5.91 Å². The molecule has 152 valence electrons. The number of carbonyl (C=O) groups is 1. The third kappa shape index (κ3) is 5.99. The first-order valence-corrected chi connectivity index (χ1v) is 9.89. The molecule has 2 rings (SSSR count). The fraction of sp³-hybridized carbons (Fsp3) is 0.435. The van der Waals surface area contributed by atoms with Gasteiger partial charge in [-0.1, -0.05) is 44.2 Å². The minimum Gasteiger partial charge on any atom is -0.497 e. The molecule has 0 aromatic heterocycles. The summed E-state index contributed by atoms with van der Waals surface area (Å²) in [4.78, 5) is 14.9. The van der Waals surface area contributed by atoms with Gasteiger partial charge in [-0.2, -0.15) is 0 Å². The molecule has 0 saturated carbocycles. The number of hydrogen-bond donors (Lipinski definition) is 1. The van der Waals surface area contributed by atoms with Crippen LogP contribution in [0.2, 0.25) is 0 Å². The van der Waals surface area contributed by atoms with Crippen LogP contribution in [0.25, 0.3) is 0 Å². The number of nitrogens with one attached hydrogen (secondary N) is 1. The van der Waals surface area contributed by atoms with Gasteiger partial charge in [0, 0.05) is 13.0 Å². The van der Waals surface area contributed by atoms with E-state index in [1.165, 1.54) is 5.56 Å². The number of benzene rings is 2. The first kappa shape index (κ1) is 21.8. The molecular weight excluding hydrogens is 352 g/mol. The molecule has 2 aromatic rings. The van der Waals surface area contributed by atoms with Crippen LogP contribution in [0, 0.1) is 0 Å². The summed E-state index contributed by atoms with van der Waals surface area (Å²) < 4.78 is 10.7. The van der Waals surface area contributed by atoms with Gasteiger partial charge in [0.05, 0.1) is 20.3 Å². The van der Waals surface area contributed by atoms with E-state index in [9.17, 15) is 4.79 Å². The number of methoxy groups -OCH3 is 2.